The number of hydrogen-bond acceptors (Lipinski definition) is 5. The highest BCUT2D eigenvalue weighted by Crippen LogP contribution is 2.33. The van der Waals surface area contributed by atoms with Crippen molar-refractivity contribution in [1.29, 1.82) is 0 Å². The van der Waals surface area contributed by atoms with E-state index in [0.29, 0.717) is 31.5 Å². The van der Waals surface area contributed by atoms with Crippen LogP contribution in [0.4, 0.5) is 5.95 Å². The standard InChI is InChI=1S/C16H21N5O2/c22-14-9-18-15(23)13-10-20(7-8-21(13)14)16-17-6-5-12(19-16)11-3-1-2-4-11/h5-6,11,13H,1-4,7-10H2,(H,18,23). The number of carbonyl (C=O) groups excluding carboxylic acids is 2. The van der Waals surface area contributed by atoms with Gasteiger partial charge in [0.25, 0.3) is 0 Å². The number of hydrogen-bond donors (Lipinski definition) is 1. The molecule has 3 fully saturated rings. The molecule has 2 aliphatic heterocycles. The molecule has 3 aliphatic rings. The van der Waals surface area contributed by atoms with Crippen LogP contribution in [0.5, 0.6) is 0 Å². The van der Waals surface area contributed by atoms with Crippen molar-refractivity contribution in [2.24, 2.45) is 0 Å². The Labute approximate surface area is 135 Å². The summed E-state index contributed by atoms with van der Waals surface area (Å²) in [6.45, 7) is 1.80. The maximum atomic E-state index is 12.1. The average molecular weight is 315 g/mol. The van der Waals surface area contributed by atoms with Crippen molar-refractivity contribution in [2.75, 3.05) is 31.1 Å². The zero-order chi connectivity index (χ0) is 15.8. The van der Waals surface area contributed by atoms with Gasteiger partial charge >= 0.3 is 0 Å². The largest absolute Gasteiger partial charge is 0.345 e. The molecule has 0 aromatic carbocycles. The quantitative estimate of drug-likeness (QED) is 0.848. The molecule has 1 atom stereocenters. The highest BCUT2D eigenvalue weighted by atomic mass is 16.2. The van der Waals surface area contributed by atoms with Crippen molar-refractivity contribution in [1.82, 2.24) is 20.2 Å². The fraction of sp³-hybridized carbons (Fsp3) is 0.625. The molecule has 2 amide bonds. The van der Waals surface area contributed by atoms with Crippen LogP contribution in [0.3, 0.4) is 0 Å². The van der Waals surface area contributed by atoms with Crippen LogP contribution in [-0.4, -0.2) is 58.9 Å². The number of piperazine rings is 2. The van der Waals surface area contributed by atoms with Gasteiger partial charge in [-0.25, -0.2) is 9.97 Å². The molecular weight excluding hydrogens is 294 g/mol. The predicted octanol–water partition coefficient (Wildman–Crippen LogP) is 0.281. The van der Waals surface area contributed by atoms with Crippen LogP contribution < -0.4 is 10.2 Å². The van der Waals surface area contributed by atoms with Crippen LogP contribution in [0.15, 0.2) is 12.3 Å². The summed E-state index contributed by atoms with van der Waals surface area (Å²) in [5.74, 6) is 1.13. The number of nitrogens with one attached hydrogen (secondary N) is 1. The van der Waals surface area contributed by atoms with E-state index in [1.807, 2.05) is 17.2 Å². The van der Waals surface area contributed by atoms with Crippen LogP contribution >= 0.6 is 0 Å². The molecule has 122 valence electrons. The van der Waals surface area contributed by atoms with E-state index < -0.39 is 6.04 Å². The van der Waals surface area contributed by atoms with Gasteiger partial charge < -0.3 is 15.1 Å². The van der Waals surface area contributed by atoms with E-state index in [1.165, 1.54) is 25.7 Å². The zero-order valence-corrected chi connectivity index (χ0v) is 13.1. The van der Waals surface area contributed by atoms with E-state index in [1.54, 1.807) is 4.90 Å². The van der Waals surface area contributed by atoms with E-state index in [0.717, 1.165) is 5.69 Å². The Hall–Kier alpha value is -2.18. The van der Waals surface area contributed by atoms with E-state index in [2.05, 4.69) is 10.3 Å². The monoisotopic (exact) mass is 315 g/mol. The van der Waals surface area contributed by atoms with Crippen molar-refractivity contribution in [2.45, 2.75) is 37.6 Å². The molecule has 0 bridgehead atoms. The first kappa shape index (κ1) is 14.4. The van der Waals surface area contributed by atoms with E-state index >= 15 is 0 Å². The van der Waals surface area contributed by atoms with Gasteiger partial charge in [0.2, 0.25) is 17.8 Å². The molecule has 23 heavy (non-hydrogen) atoms. The first-order valence-electron chi connectivity index (χ1n) is 8.37. The summed E-state index contributed by atoms with van der Waals surface area (Å²) in [4.78, 5) is 36.8. The minimum atomic E-state index is -0.427. The summed E-state index contributed by atoms with van der Waals surface area (Å²) in [6, 6.07) is 1.58. The molecule has 7 nitrogen and oxygen atoms in total. The second-order valence-corrected chi connectivity index (χ2v) is 6.53. The normalized spacial score (nSPS) is 25.5. The Balaban J connectivity index is 1.53. The molecule has 1 saturated carbocycles. The lowest BCUT2D eigenvalue weighted by atomic mass is 10.0. The molecule has 1 unspecified atom stereocenters. The highest BCUT2D eigenvalue weighted by Gasteiger charge is 2.39. The van der Waals surface area contributed by atoms with E-state index in [-0.39, 0.29) is 18.4 Å². The average Bonchev–Trinajstić information content (AvgIpc) is 3.13. The molecule has 1 aliphatic carbocycles. The Morgan fingerprint density at radius 3 is 2.83 bits per heavy atom. The lowest BCUT2D eigenvalue weighted by molar-refractivity contribution is -0.146. The van der Waals surface area contributed by atoms with Crippen molar-refractivity contribution in [3.05, 3.63) is 18.0 Å². The summed E-state index contributed by atoms with van der Waals surface area (Å²) in [5, 5.41) is 2.66. The van der Waals surface area contributed by atoms with Gasteiger partial charge in [0.05, 0.1) is 13.1 Å². The lowest BCUT2D eigenvalue weighted by Gasteiger charge is -2.42. The Kier molecular flexibility index (Phi) is 3.63. The van der Waals surface area contributed by atoms with Crippen LogP contribution in [0.1, 0.15) is 37.3 Å². The molecular formula is C16H21N5O2. The van der Waals surface area contributed by atoms with Gasteiger partial charge in [-0.2, -0.15) is 0 Å². The van der Waals surface area contributed by atoms with Crippen LogP contribution in [-0.2, 0) is 9.59 Å². The van der Waals surface area contributed by atoms with Gasteiger partial charge in [0.1, 0.15) is 6.04 Å². The predicted molar refractivity (Wildman–Crippen MR) is 84.0 cm³/mol. The Morgan fingerprint density at radius 2 is 2.00 bits per heavy atom. The molecule has 7 heteroatoms. The van der Waals surface area contributed by atoms with Crippen molar-refractivity contribution < 1.29 is 9.59 Å². The molecule has 0 spiro atoms. The maximum Gasteiger partial charge on any atom is 0.245 e. The van der Waals surface area contributed by atoms with Gasteiger partial charge in [-0.1, -0.05) is 12.8 Å². The number of fused-ring (bicyclic) bond motifs is 1. The fourth-order valence-corrected chi connectivity index (χ4v) is 3.83. The third kappa shape index (κ3) is 2.64. The van der Waals surface area contributed by atoms with Crippen molar-refractivity contribution >= 4 is 17.8 Å². The minimum absolute atomic E-state index is 0.00475. The summed E-state index contributed by atoms with van der Waals surface area (Å²) in [7, 11) is 0. The van der Waals surface area contributed by atoms with Gasteiger partial charge in [-0.15, -0.1) is 0 Å². The number of rotatable bonds is 2. The molecule has 1 aromatic rings. The van der Waals surface area contributed by atoms with E-state index in [4.69, 9.17) is 4.98 Å². The second-order valence-electron chi connectivity index (χ2n) is 6.53. The van der Waals surface area contributed by atoms with Gasteiger partial charge in [0, 0.05) is 30.9 Å². The third-order valence-corrected chi connectivity index (χ3v) is 5.14. The number of carbonyl (C=O) groups is 2. The SMILES string of the molecule is O=C1NCC(=O)N2CCN(c3nccc(C4CCCC4)n3)CC12. The smallest absolute Gasteiger partial charge is 0.245 e. The molecule has 3 heterocycles. The Bertz CT molecular complexity index is 629. The first-order valence-corrected chi connectivity index (χ1v) is 8.37. The van der Waals surface area contributed by atoms with Gasteiger partial charge in [0.15, 0.2) is 0 Å². The van der Waals surface area contributed by atoms with E-state index in [9.17, 15) is 9.59 Å². The molecule has 1 N–H and O–H groups in total. The summed E-state index contributed by atoms with van der Waals surface area (Å²) in [6.07, 6.45) is 6.75. The molecule has 2 saturated heterocycles. The van der Waals surface area contributed by atoms with Crippen molar-refractivity contribution in [3.8, 4) is 0 Å². The second kappa shape index (κ2) is 5.79. The topological polar surface area (TPSA) is 78.4 Å². The number of amides is 2. The molecule has 4 rings (SSSR count). The van der Waals surface area contributed by atoms with Gasteiger partial charge in [-0.05, 0) is 18.9 Å². The number of anilines is 1. The fourth-order valence-electron chi connectivity index (χ4n) is 3.83. The Morgan fingerprint density at radius 1 is 1.17 bits per heavy atom. The number of nitrogens with zero attached hydrogens (tertiary/aromatic N) is 4. The number of aromatic nitrogens is 2. The van der Waals surface area contributed by atoms with Crippen molar-refractivity contribution in [3.63, 3.8) is 0 Å². The molecule has 1 aromatic heterocycles. The summed E-state index contributed by atoms with van der Waals surface area (Å²) >= 11 is 0. The zero-order valence-electron chi connectivity index (χ0n) is 13.1. The summed E-state index contributed by atoms with van der Waals surface area (Å²) < 4.78 is 0. The maximum absolute atomic E-state index is 12.1. The molecule has 0 radical (unpaired) electrons. The van der Waals surface area contributed by atoms with Gasteiger partial charge in [-0.3, -0.25) is 9.59 Å². The van der Waals surface area contributed by atoms with Crippen LogP contribution in [0.25, 0.3) is 0 Å². The minimum Gasteiger partial charge on any atom is -0.345 e. The van der Waals surface area contributed by atoms with Crippen LogP contribution in [0, 0.1) is 0 Å². The third-order valence-electron chi connectivity index (χ3n) is 5.14. The highest BCUT2D eigenvalue weighted by molar-refractivity contribution is 5.95. The summed E-state index contributed by atoms with van der Waals surface area (Å²) in [5.41, 5.74) is 1.11. The first-order chi connectivity index (χ1) is 11.2. The van der Waals surface area contributed by atoms with Crippen LogP contribution in [0.2, 0.25) is 0 Å². The lowest BCUT2D eigenvalue weighted by Crippen LogP contribution is -2.66.